The number of aryl methyl sites for hydroxylation is 1. The highest BCUT2D eigenvalue weighted by molar-refractivity contribution is 8.00. The SMILES string of the molecule is Cc1[nH]c2ccccc2c1C(=O)C(C)Sc1nccc(C(F)(F)F)n1. The normalized spacial score (nSPS) is 13.2. The summed E-state index contributed by atoms with van der Waals surface area (Å²) in [6.45, 7) is 3.43. The van der Waals surface area contributed by atoms with Gasteiger partial charge in [-0.2, -0.15) is 13.2 Å². The highest BCUT2D eigenvalue weighted by Gasteiger charge is 2.33. The molecule has 1 unspecified atom stereocenters. The van der Waals surface area contributed by atoms with Gasteiger partial charge in [0.25, 0.3) is 0 Å². The van der Waals surface area contributed by atoms with E-state index in [1.807, 2.05) is 24.3 Å². The molecule has 4 nitrogen and oxygen atoms in total. The molecule has 0 aliphatic rings. The number of para-hydroxylation sites is 1. The fourth-order valence-corrected chi connectivity index (χ4v) is 3.38. The first-order valence-electron chi connectivity index (χ1n) is 7.46. The first-order chi connectivity index (χ1) is 11.8. The van der Waals surface area contributed by atoms with E-state index in [1.165, 1.54) is 0 Å². The minimum Gasteiger partial charge on any atom is -0.358 e. The maximum Gasteiger partial charge on any atom is 0.433 e. The number of halogens is 3. The molecule has 0 aliphatic heterocycles. The van der Waals surface area contributed by atoms with Gasteiger partial charge in [0, 0.05) is 28.4 Å². The summed E-state index contributed by atoms with van der Waals surface area (Å²) in [7, 11) is 0. The second-order valence-electron chi connectivity index (χ2n) is 5.52. The lowest BCUT2D eigenvalue weighted by Crippen LogP contribution is -2.16. The van der Waals surface area contributed by atoms with Crippen molar-refractivity contribution in [2.24, 2.45) is 0 Å². The topological polar surface area (TPSA) is 58.6 Å². The summed E-state index contributed by atoms with van der Waals surface area (Å²) in [6, 6.07) is 8.21. The number of carbonyl (C=O) groups excluding carboxylic acids is 1. The van der Waals surface area contributed by atoms with Crippen LogP contribution in [0.25, 0.3) is 10.9 Å². The smallest absolute Gasteiger partial charge is 0.358 e. The van der Waals surface area contributed by atoms with Crippen LogP contribution in [0.4, 0.5) is 13.2 Å². The number of aromatic amines is 1. The van der Waals surface area contributed by atoms with Crippen LogP contribution in [-0.2, 0) is 6.18 Å². The van der Waals surface area contributed by atoms with Crippen LogP contribution in [0.5, 0.6) is 0 Å². The quantitative estimate of drug-likeness (QED) is 0.415. The summed E-state index contributed by atoms with van der Waals surface area (Å²) in [5.74, 6) is -0.180. The predicted octanol–water partition coefficient (Wildman–Crippen LogP) is 4.65. The molecule has 0 aliphatic carbocycles. The fraction of sp³-hybridized carbons (Fsp3) is 0.235. The number of benzene rings is 1. The molecule has 1 atom stereocenters. The Balaban J connectivity index is 1.87. The molecule has 2 heterocycles. The van der Waals surface area contributed by atoms with Crippen molar-refractivity contribution in [1.29, 1.82) is 0 Å². The summed E-state index contributed by atoms with van der Waals surface area (Å²) in [6.07, 6.45) is -3.49. The third-order valence-corrected chi connectivity index (χ3v) is 4.69. The van der Waals surface area contributed by atoms with E-state index in [2.05, 4.69) is 15.0 Å². The van der Waals surface area contributed by atoms with Gasteiger partial charge in [-0.05, 0) is 26.0 Å². The number of carbonyl (C=O) groups is 1. The van der Waals surface area contributed by atoms with E-state index in [4.69, 9.17) is 0 Å². The van der Waals surface area contributed by atoms with Crippen molar-refractivity contribution in [2.75, 3.05) is 0 Å². The van der Waals surface area contributed by atoms with Crippen molar-refractivity contribution in [3.63, 3.8) is 0 Å². The van der Waals surface area contributed by atoms with Crippen LogP contribution in [0.1, 0.15) is 28.7 Å². The van der Waals surface area contributed by atoms with Crippen molar-refractivity contribution < 1.29 is 18.0 Å². The van der Waals surface area contributed by atoms with E-state index in [0.717, 1.165) is 40.6 Å². The van der Waals surface area contributed by atoms with Crippen molar-refractivity contribution in [2.45, 2.75) is 30.4 Å². The average molecular weight is 365 g/mol. The number of nitrogens with zero attached hydrogens (tertiary/aromatic N) is 2. The number of fused-ring (bicyclic) bond motifs is 1. The molecule has 0 saturated carbocycles. The maximum absolute atomic E-state index is 12.8. The zero-order valence-electron chi connectivity index (χ0n) is 13.4. The molecule has 25 heavy (non-hydrogen) atoms. The molecule has 0 radical (unpaired) electrons. The van der Waals surface area contributed by atoms with Crippen LogP contribution < -0.4 is 0 Å². The molecule has 0 spiro atoms. The number of Topliss-reactive ketones (excluding diaryl/α,β-unsaturated/α-hetero) is 1. The first kappa shape index (κ1) is 17.5. The minimum atomic E-state index is -4.54. The monoisotopic (exact) mass is 365 g/mol. The van der Waals surface area contributed by atoms with Gasteiger partial charge in [-0.3, -0.25) is 4.79 Å². The maximum atomic E-state index is 12.8. The number of aromatic nitrogens is 3. The predicted molar refractivity (Wildman–Crippen MR) is 89.7 cm³/mol. The summed E-state index contributed by atoms with van der Waals surface area (Å²) in [4.78, 5) is 23.3. The van der Waals surface area contributed by atoms with E-state index in [9.17, 15) is 18.0 Å². The van der Waals surface area contributed by atoms with Crippen molar-refractivity contribution in [1.82, 2.24) is 15.0 Å². The Bertz CT molecular complexity index is 936. The Morgan fingerprint density at radius 1 is 1.24 bits per heavy atom. The Kier molecular flexibility index (Phi) is 4.55. The van der Waals surface area contributed by atoms with Crippen LogP contribution in [0.3, 0.4) is 0 Å². The van der Waals surface area contributed by atoms with Crippen LogP contribution in [0.15, 0.2) is 41.7 Å². The van der Waals surface area contributed by atoms with E-state index in [0.29, 0.717) is 5.56 Å². The zero-order valence-corrected chi connectivity index (χ0v) is 14.2. The van der Waals surface area contributed by atoms with E-state index < -0.39 is 17.1 Å². The van der Waals surface area contributed by atoms with Gasteiger partial charge in [-0.25, -0.2) is 9.97 Å². The molecule has 0 amide bonds. The van der Waals surface area contributed by atoms with Gasteiger partial charge in [0.1, 0.15) is 5.69 Å². The van der Waals surface area contributed by atoms with Crippen molar-refractivity contribution >= 4 is 28.4 Å². The van der Waals surface area contributed by atoms with E-state index >= 15 is 0 Å². The highest BCUT2D eigenvalue weighted by Crippen LogP contribution is 2.31. The van der Waals surface area contributed by atoms with Crippen molar-refractivity contribution in [3.05, 3.63) is 53.5 Å². The zero-order chi connectivity index (χ0) is 18.2. The van der Waals surface area contributed by atoms with Gasteiger partial charge in [0.05, 0.1) is 5.25 Å². The molecule has 0 bridgehead atoms. The van der Waals surface area contributed by atoms with Crippen LogP contribution >= 0.6 is 11.8 Å². The number of H-pyrrole nitrogens is 1. The Labute approximate surface area is 145 Å². The number of nitrogens with one attached hydrogen (secondary N) is 1. The third-order valence-electron chi connectivity index (χ3n) is 3.72. The third kappa shape index (κ3) is 3.53. The van der Waals surface area contributed by atoms with Crippen LogP contribution in [0, 0.1) is 6.92 Å². The molecule has 130 valence electrons. The van der Waals surface area contributed by atoms with Crippen molar-refractivity contribution in [3.8, 4) is 0 Å². The van der Waals surface area contributed by atoms with Gasteiger partial charge in [-0.1, -0.05) is 30.0 Å². The number of rotatable bonds is 4. The Morgan fingerprint density at radius 2 is 1.96 bits per heavy atom. The molecule has 1 N–H and O–H groups in total. The number of thioether (sulfide) groups is 1. The largest absolute Gasteiger partial charge is 0.433 e. The number of hydrogen-bond acceptors (Lipinski definition) is 4. The number of alkyl halides is 3. The van der Waals surface area contributed by atoms with Gasteiger partial charge in [0.2, 0.25) is 0 Å². The lowest BCUT2D eigenvalue weighted by molar-refractivity contribution is -0.141. The molecular formula is C17H14F3N3OS. The van der Waals surface area contributed by atoms with Gasteiger partial charge < -0.3 is 4.98 Å². The molecular weight excluding hydrogens is 351 g/mol. The summed E-state index contributed by atoms with van der Waals surface area (Å²) in [5.41, 5.74) is 1.09. The fourth-order valence-electron chi connectivity index (χ4n) is 2.56. The lowest BCUT2D eigenvalue weighted by Gasteiger charge is -2.11. The number of ketones is 1. The highest BCUT2D eigenvalue weighted by atomic mass is 32.2. The first-order valence-corrected chi connectivity index (χ1v) is 8.33. The molecule has 0 fully saturated rings. The van der Waals surface area contributed by atoms with E-state index in [1.54, 1.807) is 13.8 Å². The lowest BCUT2D eigenvalue weighted by atomic mass is 10.1. The summed E-state index contributed by atoms with van der Waals surface area (Å²) >= 11 is 0.912. The standard InChI is InChI=1S/C17H14F3N3OS/c1-9-14(11-5-3-4-6-12(11)22-9)15(24)10(2)25-16-21-8-7-13(23-16)17(18,19)20/h3-8,10,22H,1-2H3. The van der Waals surface area contributed by atoms with Gasteiger partial charge >= 0.3 is 6.18 Å². The van der Waals surface area contributed by atoms with Crippen LogP contribution in [0.2, 0.25) is 0 Å². The molecule has 3 rings (SSSR count). The molecule has 0 saturated heterocycles. The Morgan fingerprint density at radius 3 is 2.68 bits per heavy atom. The van der Waals surface area contributed by atoms with E-state index in [-0.39, 0.29) is 10.9 Å². The molecule has 1 aromatic carbocycles. The second kappa shape index (κ2) is 6.51. The van der Waals surface area contributed by atoms with Gasteiger partial charge in [0.15, 0.2) is 10.9 Å². The number of hydrogen-bond donors (Lipinski definition) is 1. The molecule has 8 heteroatoms. The summed E-state index contributed by atoms with van der Waals surface area (Å²) in [5, 5.41) is 0.0944. The molecule has 2 aromatic heterocycles. The Hall–Kier alpha value is -2.35. The molecule has 3 aromatic rings. The average Bonchev–Trinajstić information content (AvgIpc) is 2.89. The summed E-state index contributed by atoms with van der Waals surface area (Å²) < 4.78 is 38.2. The second-order valence-corrected chi connectivity index (χ2v) is 6.83. The van der Waals surface area contributed by atoms with Crippen LogP contribution in [-0.4, -0.2) is 26.0 Å². The minimum absolute atomic E-state index is 0.0758. The van der Waals surface area contributed by atoms with Gasteiger partial charge in [-0.15, -0.1) is 0 Å².